The summed E-state index contributed by atoms with van der Waals surface area (Å²) in [6.45, 7) is 1.58. The lowest BCUT2D eigenvalue weighted by atomic mass is 10.0. The van der Waals surface area contributed by atoms with Crippen molar-refractivity contribution >= 4 is 23.1 Å². The predicted octanol–water partition coefficient (Wildman–Crippen LogP) is 3.55. The minimum absolute atomic E-state index is 0.142. The van der Waals surface area contributed by atoms with Gasteiger partial charge < -0.3 is 24.4 Å². The van der Waals surface area contributed by atoms with Gasteiger partial charge in [-0.2, -0.15) is 0 Å². The Bertz CT molecular complexity index is 885. The third-order valence-electron chi connectivity index (χ3n) is 4.73. The lowest BCUT2D eigenvalue weighted by molar-refractivity contribution is 0.330. The fraction of sp³-hybridized carbons (Fsp3) is 0.316. The number of hydrogen-bond acceptors (Lipinski definition) is 6. The van der Waals surface area contributed by atoms with Crippen LogP contribution < -0.4 is 19.5 Å². The monoisotopic (exact) mass is 373 g/mol. The van der Waals surface area contributed by atoms with Crippen LogP contribution >= 0.6 is 11.6 Å². The molecule has 0 saturated heterocycles. The zero-order valence-corrected chi connectivity index (χ0v) is 15.6. The van der Waals surface area contributed by atoms with Crippen molar-refractivity contribution in [1.82, 2.24) is 4.90 Å². The number of ether oxygens (including phenoxy) is 3. The minimum atomic E-state index is -0.142. The lowest BCUT2D eigenvalue weighted by Gasteiger charge is -2.38. The number of halogens is 1. The molecular formula is C19H20ClN3O3. The molecule has 1 N–H and O–H groups in total. The minimum Gasteiger partial charge on any atom is -0.496 e. The highest BCUT2D eigenvalue weighted by molar-refractivity contribution is 6.31. The predicted molar refractivity (Wildman–Crippen MR) is 102 cm³/mol. The van der Waals surface area contributed by atoms with Crippen molar-refractivity contribution in [2.24, 2.45) is 4.99 Å². The molecule has 0 aliphatic carbocycles. The molecule has 0 aromatic heterocycles. The molecule has 0 amide bonds. The molecule has 2 aliphatic heterocycles. The molecule has 2 aromatic carbocycles. The number of anilines is 1. The molecule has 4 rings (SSSR count). The van der Waals surface area contributed by atoms with Crippen LogP contribution in [-0.4, -0.2) is 45.2 Å². The highest BCUT2D eigenvalue weighted by Gasteiger charge is 2.35. The number of benzene rings is 2. The van der Waals surface area contributed by atoms with Crippen LogP contribution in [0.1, 0.15) is 17.3 Å². The zero-order valence-electron chi connectivity index (χ0n) is 14.9. The van der Waals surface area contributed by atoms with Crippen molar-refractivity contribution in [2.75, 3.05) is 39.7 Å². The van der Waals surface area contributed by atoms with E-state index in [1.165, 1.54) is 0 Å². The average molecular weight is 374 g/mol. The maximum Gasteiger partial charge on any atom is 0.164 e. The normalized spacial score (nSPS) is 17.8. The van der Waals surface area contributed by atoms with Crippen LogP contribution in [0.3, 0.4) is 0 Å². The molecule has 136 valence electrons. The van der Waals surface area contributed by atoms with Crippen molar-refractivity contribution < 1.29 is 14.2 Å². The Morgan fingerprint density at radius 1 is 1.04 bits per heavy atom. The van der Waals surface area contributed by atoms with E-state index >= 15 is 0 Å². The number of hydrogen-bond donors (Lipinski definition) is 1. The topological polar surface area (TPSA) is 55.3 Å². The van der Waals surface area contributed by atoms with Gasteiger partial charge in [0.2, 0.25) is 0 Å². The molecule has 2 heterocycles. The zero-order chi connectivity index (χ0) is 18.3. The summed E-state index contributed by atoms with van der Waals surface area (Å²) in [6.07, 6.45) is -0.142. The SMILES string of the molecule is COc1cc(OC)c(C2Nc3cc(Cl)ccc3C3=NCCN32)cc1OC. The highest BCUT2D eigenvalue weighted by Crippen LogP contribution is 2.43. The van der Waals surface area contributed by atoms with Crippen LogP contribution in [0.2, 0.25) is 5.02 Å². The van der Waals surface area contributed by atoms with Crippen LogP contribution in [0.4, 0.5) is 5.69 Å². The highest BCUT2D eigenvalue weighted by atomic mass is 35.5. The fourth-order valence-electron chi connectivity index (χ4n) is 3.52. The summed E-state index contributed by atoms with van der Waals surface area (Å²) in [4.78, 5) is 6.94. The van der Waals surface area contributed by atoms with Crippen LogP contribution in [0.25, 0.3) is 0 Å². The Morgan fingerprint density at radius 2 is 1.77 bits per heavy atom. The second kappa shape index (κ2) is 6.61. The van der Waals surface area contributed by atoms with E-state index in [2.05, 4.69) is 10.2 Å². The molecule has 0 radical (unpaired) electrons. The number of nitrogens with one attached hydrogen (secondary N) is 1. The number of amidine groups is 1. The first-order valence-electron chi connectivity index (χ1n) is 8.33. The molecule has 2 aliphatic rings. The summed E-state index contributed by atoms with van der Waals surface area (Å²) in [5, 5.41) is 4.26. The van der Waals surface area contributed by atoms with Crippen LogP contribution in [0.5, 0.6) is 17.2 Å². The maximum absolute atomic E-state index is 6.20. The summed E-state index contributed by atoms with van der Waals surface area (Å²) < 4.78 is 16.5. The third kappa shape index (κ3) is 2.61. The van der Waals surface area contributed by atoms with Crippen LogP contribution in [-0.2, 0) is 0 Å². The Labute approximate surface area is 157 Å². The molecule has 6 nitrogen and oxygen atoms in total. The van der Waals surface area contributed by atoms with E-state index in [1.807, 2.05) is 30.3 Å². The third-order valence-corrected chi connectivity index (χ3v) is 4.97. The summed E-state index contributed by atoms with van der Waals surface area (Å²) in [7, 11) is 4.89. The molecular weight excluding hydrogens is 354 g/mol. The van der Waals surface area contributed by atoms with Gasteiger partial charge in [-0.25, -0.2) is 0 Å². The van der Waals surface area contributed by atoms with Gasteiger partial charge in [0.05, 0.1) is 27.9 Å². The number of rotatable bonds is 4. The standard InChI is InChI=1S/C19H20ClN3O3/c1-24-15-10-17(26-3)16(25-2)9-13(15)19-22-14-8-11(20)4-5-12(14)18-21-6-7-23(18)19/h4-5,8-10,19,22H,6-7H2,1-3H3. The van der Waals surface area contributed by atoms with Gasteiger partial charge in [0, 0.05) is 34.4 Å². The van der Waals surface area contributed by atoms with E-state index in [0.717, 1.165) is 41.5 Å². The van der Waals surface area contributed by atoms with E-state index in [1.54, 1.807) is 21.3 Å². The largest absolute Gasteiger partial charge is 0.496 e. The van der Waals surface area contributed by atoms with Gasteiger partial charge in [0.25, 0.3) is 0 Å². The average Bonchev–Trinajstić information content (AvgIpc) is 3.15. The first-order chi connectivity index (χ1) is 12.7. The van der Waals surface area contributed by atoms with Gasteiger partial charge in [0.1, 0.15) is 17.8 Å². The van der Waals surface area contributed by atoms with Crippen molar-refractivity contribution in [3.8, 4) is 17.2 Å². The molecule has 0 saturated carbocycles. The molecule has 1 unspecified atom stereocenters. The maximum atomic E-state index is 6.20. The van der Waals surface area contributed by atoms with Crippen LogP contribution in [0, 0.1) is 0 Å². The number of aliphatic imine (C=N–C) groups is 1. The Kier molecular flexibility index (Phi) is 4.28. The number of nitrogens with zero attached hydrogens (tertiary/aromatic N) is 2. The van der Waals surface area contributed by atoms with Gasteiger partial charge in [-0.3, -0.25) is 4.99 Å². The van der Waals surface area contributed by atoms with E-state index in [0.29, 0.717) is 16.5 Å². The second-order valence-electron chi connectivity index (χ2n) is 6.08. The van der Waals surface area contributed by atoms with Crippen molar-refractivity contribution in [1.29, 1.82) is 0 Å². The van der Waals surface area contributed by atoms with E-state index in [-0.39, 0.29) is 6.17 Å². The van der Waals surface area contributed by atoms with Crippen LogP contribution in [0.15, 0.2) is 35.3 Å². The molecule has 26 heavy (non-hydrogen) atoms. The van der Waals surface area contributed by atoms with Gasteiger partial charge in [-0.05, 0) is 24.3 Å². The van der Waals surface area contributed by atoms with E-state index in [9.17, 15) is 0 Å². The first-order valence-corrected chi connectivity index (χ1v) is 8.71. The molecule has 7 heteroatoms. The van der Waals surface area contributed by atoms with E-state index in [4.69, 9.17) is 30.8 Å². The molecule has 1 atom stereocenters. The second-order valence-corrected chi connectivity index (χ2v) is 6.52. The van der Waals surface area contributed by atoms with E-state index < -0.39 is 0 Å². The number of fused-ring (bicyclic) bond motifs is 3. The summed E-state index contributed by atoms with van der Waals surface area (Å²) in [5.74, 6) is 2.97. The van der Waals surface area contributed by atoms with Gasteiger partial charge in [-0.15, -0.1) is 0 Å². The quantitative estimate of drug-likeness (QED) is 0.888. The van der Waals surface area contributed by atoms with Crippen molar-refractivity contribution in [3.05, 3.63) is 46.5 Å². The molecule has 0 spiro atoms. The fourth-order valence-corrected chi connectivity index (χ4v) is 3.69. The van der Waals surface area contributed by atoms with Crippen molar-refractivity contribution in [2.45, 2.75) is 6.17 Å². The summed E-state index contributed by atoms with van der Waals surface area (Å²) in [6, 6.07) is 9.61. The van der Waals surface area contributed by atoms with Gasteiger partial charge in [-0.1, -0.05) is 11.6 Å². The summed E-state index contributed by atoms with van der Waals surface area (Å²) >= 11 is 6.20. The van der Waals surface area contributed by atoms with Gasteiger partial charge >= 0.3 is 0 Å². The van der Waals surface area contributed by atoms with Crippen molar-refractivity contribution in [3.63, 3.8) is 0 Å². The first kappa shape index (κ1) is 16.8. The number of methoxy groups -OCH3 is 3. The Hall–Kier alpha value is -2.60. The molecule has 0 fully saturated rings. The summed E-state index contributed by atoms with van der Waals surface area (Å²) in [5.41, 5.74) is 2.96. The van der Waals surface area contributed by atoms with Gasteiger partial charge in [0.15, 0.2) is 11.5 Å². The molecule has 0 bridgehead atoms. The lowest BCUT2D eigenvalue weighted by Crippen LogP contribution is -2.41. The smallest absolute Gasteiger partial charge is 0.164 e. The molecule has 2 aromatic rings. The Balaban J connectivity index is 1.84. The Morgan fingerprint density at radius 3 is 2.50 bits per heavy atom.